The summed E-state index contributed by atoms with van der Waals surface area (Å²) >= 11 is 0. The maximum absolute atomic E-state index is 12.8. The van der Waals surface area contributed by atoms with E-state index in [-0.39, 0.29) is 18.0 Å². The maximum Gasteiger partial charge on any atom is 0.410 e. The van der Waals surface area contributed by atoms with E-state index in [1.54, 1.807) is 19.0 Å². The molecule has 0 bridgehead atoms. The summed E-state index contributed by atoms with van der Waals surface area (Å²) in [4.78, 5) is 35.1. The van der Waals surface area contributed by atoms with Crippen LogP contribution in [0.5, 0.6) is 0 Å². The molecule has 0 aromatic rings. The van der Waals surface area contributed by atoms with Gasteiger partial charge in [-0.3, -0.25) is 9.79 Å². The molecule has 1 saturated carbocycles. The van der Waals surface area contributed by atoms with Crippen molar-refractivity contribution in [1.29, 1.82) is 0 Å². The predicted octanol–water partition coefficient (Wildman–Crippen LogP) is 2.54. The number of ether oxygens (including phenoxy) is 1. The normalized spacial score (nSPS) is 18.2. The molecule has 8 heteroatoms. The molecule has 1 heterocycles. The summed E-state index contributed by atoms with van der Waals surface area (Å²) in [5, 5.41) is 3.34. The monoisotopic (exact) mass is 423 g/mol. The number of carbonyl (C=O) groups excluding carboxylic acids is 2. The van der Waals surface area contributed by atoms with Crippen LogP contribution in [0.2, 0.25) is 0 Å². The fourth-order valence-electron chi connectivity index (χ4n) is 3.57. The van der Waals surface area contributed by atoms with E-state index >= 15 is 0 Å². The van der Waals surface area contributed by atoms with Gasteiger partial charge in [-0.15, -0.1) is 0 Å². The summed E-state index contributed by atoms with van der Waals surface area (Å²) in [7, 11) is 3.53. The minimum Gasteiger partial charge on any atom is -0.444 e. The fourth-order valence-corrected chi connectivity index (χ4v) is 3.57. The van der Waals surface area contributed by atoms with Gasteiger partial charge in [0.25, 0.3) is 0 Å². The van der Waals surface area contributed by atoms with E-state index in [1.165, 1.54) is 12.8 Å². The first kappa shape index (κ1) is 24.3. The van der Waals surface area contributed by atoms with Crippen LogP contribution in [0.25, 0.3) is 0 Å². The van der Waals surface area contributed by atoms with E-state index < -0.39 is 5.60 Å². The molecule has 0 spiro atoms. The van der Waals surface area contributed by atoms with Gasteiger partial charge in [-0.25, -0.2) is 4.79 Å². The first-order valence-electron chi connectivity index (χ1n) is 11.3. The van der Waals surface area contributed by atoms with Crippen LogP contribution in [0.15, 0.2) is 4.99 Å². The van der Waals surface area contributed by atoms with Crippen LogP contribution in [0.1, 0.15) is 59.8 Å². The molecule has 0 atom stereocenters. The Hall–Kier alpha value is -1.99. The second-order valence-corrected chi connectivity index (χ2v) is 9.57. The first-order valence-corrected chi connectivity index (χ1v) is 11.3. The minimum atomic E-state index is -0.478. The van der Waals surface area contributed by atoms with Crippen molar-refractivity contribution in [2.75, 3.05) is 46.8 Å². The van der Waals surface area contributed by atoms with Crippen molar-refractivity contribution in [3.8, 4) is 0 Å². The predicted molar refractivity (Wildman–Crippen MR) is 120 cm³/mol. The molecule has 0 unspecified atom stereocenters. The van der Waals surface area contributed by atoms with Crippen molar-refractivity contribution in [1.82, 2.24) is 20.0 Å². The second-order valence-electron chi connectivity index (χ2n) is 9.57. The number of nitrogens with zero attached hydrogens (tertiary/aromatic N) is 4. The van der Waals surface area contributed by atoms with Crippen LogP contribution in [0, 0.1) is 5.92 Å². The summed E-state index contributed by atoms with van der Waals surface area (Å²) in [6.07, 6.45) is 4.43. The SMILES string of the molecule is CCNC(=NCCC(=O)N(C)C)N1CCC(N(CC2CC2)C(=O)OC(C)(C)C)CC1. The Labute approximate surface area is 182 Å². The van der Waals surface area contributed by atoms with Gasteiger partial charge in [0.05, 0.1) is 6.54 Å². The number of likely N-dealkylation sites (tertiary alicyclic amines) is 1. The number of rotatable bonds is 7. The highest BCUT2D eigenvalue weighted by molar-refractivity contribution is 5.81. The average molecular weight is 424 g/mol. The highest BCUT2D eigenvalue weighted by Gasteiger charge is 2.35. The van der Waals surface area contributed by atoms with Crippen LogP contribution in [0.4, 0.5) is 4.79 Å². The Balaban J connectivity index is 1.94. The number of hydrogen-bond donors (Lipinski definition) is 1. The molecule has 0 radical (unpaired) electrons. The Morgan fingerprint density at radius 1 is 1.13 bits per heavy atom. The molecule has 1 N–H and O–H groups in total. The zero-order valence-electron chi connectivity index (χ0n) is 19.7. The summed E-state index contributed by atoms with van der Waals surface area (Å²) in [5.74, 6) is 1.57. The van der Waals surface area contributed by atoms with Gasteiger partial charge in [0.1, 0.15) is 5.60 Å². The minimum absolute atomic E-state index is 0.0846. The lowest BCUT2D eigenvalue weighted by Gasteiger charge is -2.40. The molecule has 1 saturated heterocycles. The third kappa shape index (κ3) is 8.03. The number of carbonyl (C=O) groups is 2. The molecular weight excluding hydrogens is 382 g/mol. The molecule has 8 nitrogen and oxygen atoms in total. The van der Waals surface area contributed by atoms with Crippen molar-refractivity contribution in [2.45, 2.75) is 71.4 Å². The van der Waals surface area contributed by atoms with Crippen molar-refractivity contribution in [3.63, 3.8) is 0 Å². The van der Waals surface area contributed by atoms with E-state index in [9.17, 15) is 9.59 Å². The van der Waals surface area contributed by atoms with E-state index in [2.05, 4.69) is 15.2 Å². The third-order valence-corrected chi connectivity index (χ3v) is 5.41. The first-order chi connectivity index (χ1) is 14.1. The smallest absolute Gasteiger partial charge is 0.410 e. The van der Waals surface area contributed by atoms with E-state index in [0.717, 1.165) is 45.0 Å². The number of aliphatic imine (C=N–C) groups is 1. The van der Waals surface area contributed by atoms with E-state index in [1.807, 2.05) is 32.6 Å². The highest BCUT2D eigenvalue weighted by atomic mass is 16.6. The van der Waals surface area contributed by atoms with Gasteiger partial charge in [-0.2, -0.15) is 0 Å². The van der Waals surface area contributed by atoms with E-state index in [0.29, 0.717) is 18.9 Å². The van der Waals surface area contributed by atoms with Crippen molar-refractivity contribution in [3.05, 3.63) is 0 Å². The standard InChI is InChI=1S/C22H41N5O3/c1-7-23-20(24-13-10-19(28)25(5)6)26-14-11-18(12-15-26)27(16-17-8-9-17)21(29)30-22(2,3)4/h17-18H,7-16H2,1-6H3,(H,23,24). The van der Waals surface area contributed by atoms with Crippen LogP contribution >= 0.6 is 0 Å². The summed E-state index contributed by atoms with van der Waals surface area (Å²) in [6, 6.07) is 0.204. The number of guanidine groups is 1. The Morgan fingerprint density at radius 2 is 1.77 bits per heavy atom. The van der Waals surface area contributed by atoms with Crippen LogP contribution in [-0.2, 0) is 9.53 Å². The van der Waals surface area contributed by atoms with Gasteiger partial charge in [0.2, 0.25) is 5.91 Å². The molecule has 2 aliphatic rings. The molecule has 0 aromatic heterocycles. The summed E-state index contributed by atoms with van der Waals surface area (Å²) in [5.41, 5.74) is -0.478. The number of amides is 2. The van der Waals surface area contributed by atoms with E-state index in [4.69, 9.17) is 4.74 Å². The molecule has 172 valence electrons. The van der Waals surface area contributed by atoms with Gasteiger partial charge >= 0.3 is 6.09 Å². The Morgan fingerprint density at radius 3 is 2.27 bits per heavy atom. The topological polar surface area (TPSA) is 77.5 Å². The number of piperidine rings is 1. The molecular formula is C22H41N5O3. The number of nitrogens with one attached hydrogen (secondary N) is 1. The molecule has 1 aliphatic carbocycles. The maximum atomic E-state index is 12.8. The van der Waals surface area contributed by atoms with Crippen LogP contribution < -0.4 is 5.32 Å². The lowest BCUT2D eigenvalue weighted by atomic mass is 10.0. The fraction of sp³-hybridized carbons (Fsp3) is 0.864. The lowest BCUT2D eigenvalue weighted by molar-refractivity contribution is -0.128. The summed E-state index contributed by atoms with van der Waals surface area (Å²) < 4.78 is 5.69. The van der Waals surface area contributed by atoms with Gasteiger partial charge in [-0.1, -0.05) is 0 Å². The lowest BCUT2D eigenvalue weighted by Crippen LogP contribution is -2.52. The molecule has 30 heavy (non-hydrogen) atoms. The Bertz CT molecular complexity index is 602. The zero-order valence-corrected chi connectivity index (χ0v) is 19.7. The van der Waals surface area contributed by atoms with Gasteiger partial charge in [-0.05, 0) is 59.3 Å². The molecule has 2 amide bonds. The van der Waals surface area contributed by atoms with Gasteiger partial charge in [0.15, 0.2) is 5.96 Å². The highest BCUT2D eigenvalue weighted by Crippen LogP contribution is 2.32. The van der Waals surface area contributed by atoms with Crippen molar-refractivity contribution < 1.29 is 14.3 Å². The largest absolute Gasteiger partial charge is 0.444 e. The van der Waals surface area contributed by atoms with Crippen molar-refractivity contribution >= 4 is 18.0 Å². The third-order valence-electron chi connectivity index (χ3n) is 5.41. The number of hydrogen-bond acceptors (Lipinski definition) is 4. The van der Waals surface area contributed by atoms with Crippen LogP contribution in [-0.4, -0.2) is 91.1 Å². The quantitative estimate of drug-likeness (QED) is 0.503. The second kappa shape index (κ2) is 10.9. The summed E-state index contributed by atoms with van der Waals surface area (Å²) in [6.45, 7) is 11.5. The molecule has 1 aliphatic heterocycles. The van der Waals surface area contributed by atoms with Crippen LogP contribution in [0.3, 0.4) is 0 Å². The zero-order chi connectivity index (χ0) is 22.3. The Kier molecular flexibility index (Phi) is 8.79. The molecule has 2 fully saturated rings. The molecule has 0 aromatic carbocycles. The molecule has 2 rings (SSSR count). The van der Waals surface area contributed by atoms with Crippen molar-refractivity contribution in [2.24, 2.45) is 10.9 Å². The van der Waals surface area contributed by atoms with Gasteiger partial charge < -0.3 is 24.8 Å². The van der Waals surface area contributed by atoms with Gasteiger partial charge in [0, 0.05) is 52.7 Å². The average Bonchev–Trinajstić information content (AvgIpc) is 3.48.